The lowest BCUT2D eigenvalue weighted by molar-refractivity contribution is -0.274. The van der Waals surface area contributed by atoms with E-state index in [0.29, 0.717) is 22.9 Å². The molecule has 0 radical (unpaired) electrons. The summed E-state index contributed by atoms with van der Waals surface area (Å²) in [6, 6.07) is 13.9. The molecule has 0 aliphatic carbocycles. The van der Waals surface area contributed by atoms with Crippen molar-refractivity contribution >= 4 is 11.8 Å². The quantitative estimate of drug-likeness (QED) is 0.205. The summed E-state index contributed by atoms with van der Waals surface area (Å²) < 4.78 is 68.3. The van der Waals surface area contributed by atoms with Crippen molar-refractivity contribution in [1.82, 2.24) is 0 Å². The molecule has 0 atom stereocenters. The second-order valence-electron chi connectivity index (χ2n) is 5.86. The molecule has 0 N–H and O–H groups in total. The van der Waals surface area contributed by atoms with Crippen molar-refractivity contribution < 1.29 is 26.7 Å². The van der Waals surface area contributed by atoms with Gasteiger partial charge in [-0.25, -0.2) is 8.78 Å². The maximum atomic E-state index is 14.0. The summed E-state index contributed by atoms with van der Waals surface area (Å²) in [5.74, 6) is 3.48. The van der Waals surface area contributed by atoms with Crippen molar-refractivity contribution in [2.24, 2.45) is 0 Å². The maximum Gasteiger partial charge on any atom is 0.573 e. The van der Waals surface area contributed by atoms with E-state index in [0.717, 1.165) is 17.7 Å². The van der Waals surface area contributed by atoms with Gasteiger partial charge in [0, 0.05) is 5.56 Å². The Morgan fingerprint density at radius 3 is 1.97 bits per heavy atom. The van der Waals surface area contributed by atoms with Crippen molar-refractivity contribution in [3.63, 3.8) is 0 Å². The van der Waals surface area contributed by atoms with E-state index in [1.807, 2.05) is 0 Å². The van der Waals surface area contributed by atoms with E-state index >= 15 is 0 Å². The number of alkyl halides is 3. The third-order valence-corrected chi connectivity index (χ3v) is 4.45. The van der Waals surface area contributed by atoms with Crippen LogP contribution in [-0.2, 0) is 0 Å². The summed E-state index contributed by atoms with van der Waals surface area (Å²) in [5.41, 5.74) is 1.79. The molecule has 3 aromatic rings. The zero-order chi connectivity index (χ0) is 21.7. The molecule has 0 bridgehead atoms. The number of thiocyanates is 1. The average molecular weight is 431 g/mol. The molecule has 0 fully saturated rings. The Labute approximate surface area is 172 Å². The molecule has 3 rings (SSSR count). The van der Waals surface area contributed by atoms with E-state index in [9.17, 15) is 22.0 Å². The third-order valence-electron chi connectivity index (χ3n) is 3.82. The first-order valence-corrected chi connectivity index (χ1v) is 9.10. The number of nitrogens with zero attached hydrogens (tertiary/aromatic N) is 1. The molecule has 8 heteroatoms. The van der Waals surface area contributed by atoms with Crippen LogP contribution in [0, 0.1) is 34.1 Å². The Balaban J connectivity index is 1.76. The van der Waals surface area contributed by atoms with Crippen molar-refractivity contribution in [3.8, 4) is 34.1 Å². The highest BCUT2D eigenvalue weighted by Gasteiger charge is 2.30. The lowest BCUT2D eigenvalue weighted by atomic mass is 10.0. The number of thioether (sulfide) groups is 1. The highest BCUT2D eigenvalue weighted by atomic mass is 32.2. The zero-order valence-electron chi connectivity index (χ0n) is 14.9. The molecule has 30 heavy (non-hydrogen) atoms. The normalized spacial score (nSPS) is 10.7. The third kappa shape index (κ3) is 5.53. The predicted molar refractivity (Wildman–Crippen MR) is 102 cm³/mol. The molecule has 0 aliphatic heterocycles. The van der Waals surface area contributed by atoms with E-state index in [1.54, 1.807) is 29.7 Å². The molecule has 3 aromatic carbocycles. The SMILES string of the molecule is N#CSc1cc(F)c(C#Cc2ccc(-c3ccc(OC(F)(F)F)cc3)cc2)cc1F. The highest BCUT2D eigenvalue weighted by molar-refractivity contribution is 8.03. The largest absolute Gasteiger partial charge is 0.573 e. The molecule has 0 aromatic heterocycles. The summed E-state index contributed by atoms with van der Waals surface area (Å²) in [4.78, 5) is -0.114. The molecule has 2 nitrogen and oxygen atoms in total. The van der Waals surface area contributed by atoms with Crippen molar-refractivity contribution in [1.29, 1.82) is 5.26 Å². The Bertz CT molecular complexity index is 1150. The van der Waals surface area contributed by atoms with E-state index in [-0.39, 0.29) is 16.2 Å². The van der Waals surface area contributed by atoms with Crippen LogP contribution in [0.4, 0.5) is 22.0 Å². The van der Waals surface area contributed by atoms with Gasteiger partial charge in [-0.05, 0) is 59.3 Å². The number of nitriles is 1. The summed E-state index contributed by atoms with van der Waals surface area (Å²) in [5, 5.41) is 10.2. The smallest absolute Gasteiger partial charge is 0.406 e. The first-order valence-electron chi connectivity index (χ1n) is 8.28. The van der Waals surface area contributed by atoms with E-state index < -0.39 is 18.0 Å². The van der Waals surface area contributed by atoms with E-state index in [1.165, 1.54) is 24.3 Å². The van der Waals surface area contributed by atoms with Gasteiger partial charge in [-0.1, -0.05) is 36.1 Å². The molecular formula is C22H10F5NOS. The molecular weight excluding hydrogens is 421 g/mol. The lowest BCUT2D eigenvalue weighted by Crippen LogP contribution is -2.16. The first-order chi connectivity index (χ1) is 14.2. The van der Waals surface area contributed by atoms with Gasteiger partial charge < -0.3 is 4.74 Å². The molecule has 0 aliphatic rings. The first kappa shape index (κ1) is 21.2. The van der Waals surface area contributed by atoms with Crippen molar-refractivity contribution in [3.05, 3.63) is 83.4 Å². The minimum Gasteiger partial charge on any atom is -0.406 e. The Morgan fingerprint density at radius 1 is 0.800 bits per heavy atom. The minimum atomic E-state index is -4.75. The Morgan fingerprint density at radius 2 is 1.40 bits per heavy atom. The van der Waals surface area contributed by atoms with Crippen LogP contribution < -0.4 is 4.74 Å². The van der Waals surface area contributed by atoms with Crippen LogP contribution in [0.25, 0.3) is 11.1 Å². The number of hydrogen-bond donors (Lipinski definition) is 0. The van der Waals surface area contributed by atoms with Gasteiger partial charge in [0.25, 0.3) is 0 Å². The van der Waals surface area contributed by atoms with Gasteiger partial charge in [-0.3, -0.25) is 0 Å². The van der Waals surface area contributed by atoms with E-state index in [4.69, 9.17) is 5.26 Å². The Hall–Kier alpha value is -3.49. The monoisotopic (exact) mass is 431 g/mol. The molecule has 0 saturated carbocycles. The summed E-state index contributed by atoms with van der Waals surface area (Å²) >= 11 is 0.521. The van der Waals surface area contributed by atoms with Crippen LogP contribution in [0.1, 0.15) is 11.1 Å². The fourth-order valence-corrected chi connectivity index (χ4v) is 2.90. The van der Waals surface area contributed by atoms with Gasteiger partial charge in [0.1, 0.15) is 22.8 Å². The van der Waals surface area contributed by atoms with Crippen molar-refractivity contribution in [2.75, 3.05) is 0 Å². The van der Waals surface area contributed by atoms with Crippen LogP contribution >= 0.6 is 11.8 Å². The fourth-order valence-electron chi connectivity index (χ4n) is 2.49. The Kier molecular flexibility index (Phi) is 6.29. The second-order valence-corrected chi connectivity index (χ2v) is 6.68. The van der Waals surface area contributed by atoms with Gasteiger partial charge in [0.2, 0.25) is 0 Å². The molecule has 150 valence electrons. The summed E-state index contributed by atoms with van der Waals surface area (Å²) in [6.45, 7) is 0. The number of halogens is 5. The average Bonchev–Trinajstić information content (AvgIpc) is 2.69. The molecule has 0 amide bonds. The number of benzene rings is 3. The van der Waals surface area contributed by atoms with Crippen LogP contribution in [-0.4, -0.2) is 6.36 Å². The fraction of sp³-hybridized carbons (Fsp3) is 0.0455. The summed E-state index contributed by atoms with van der Waals surface area (Å²) in [7, 11) is 0. The van der Waals surface area contributed by atoms with Crippen molar-refractivity contribution in [2.45, 2.75) is 11.3 Å². The minimum absolute atomic E-state index is 0.114. The van der Waals surface area contributed by atoms with Gasteiger partial charge >= 0.3 is 6.36 Å². The van der Waals surface area contributed by atoms with E-state index in [2.05, 4.69) is 16.6 Å². The van der Waals surface area contributed by atoms with Crippen LogP contribution in [0.15, 0.2) is 65.6 Å². The zero-order valence-corrected chi connectivity index (χ0v) is 15.7. The second kappa shape index (κ2) is 8.89. The van der Waals surface area contributed by atoms with Crippen LogP contribution in [0.2, 0.25) is 0 Å². The lowest BCUT2D eigenvalue weighted by Gasteiger charge is -2.09. The number of hydrogen-bond acceptors (Lipinski definition) is 3. The number of rotatable bonds is 3. The molecule has 0 unspecified atom stereocenters. The predicted octanol–water partition coefficient (Wildman–Crippen LogP) is 6.50. The summed E-state index contributed by atoms with van der Waals surface area (Å²) in [6.07, 6.45) is -4.75. The molecule has 0 saturated heterocycles. The van der Waals surface area contributed by atoms with Crippen LogP contribution in [0.3, 0.4) is 0 Å². The van der Waals surface area contributed by atoms with Gasteiger partial charge in [-0.2, -0.15) is 5.26 Å². The molecule has 0 heterocycles. The standard InChI is InChI=1S/C22H10F5NOS/c23-19-12-21(30-13-28)20(24)11-17(19)6-3-14-1-4-15(5-2-14)16-7-9-18(10-8-16)29-22(25,26)27/h1-2,4-5,7-12H. The topological polar surface area (TPSA) is 33.0 Å². The highest BCUT2D eigenvalue weighted by Crippen LogP contribution is 2.27. The van der Waals surface area contributed by atoms with Gasteiger partial charge in [0.05, 0.1) is 10.5 Å². The van der Waals surface area contributed by atoms with Gasteiger partial charge in [-0.15, -0.1) is 13.2 Å². The van der Waals surface area contributed by atoms with Gasteiger partial charge in [0.15, 0.2) is 0 Å². The number of ether oxygens (including phenoxy) is 1. The maximum absolute atomic E-state index is 14.0. The van der Waals surface area contributed by atoms with Crippen LogP contribution in [0.5, 0.6) is 5.75 Å². The molecule has 0 spiro atoms.